The van der Waals surface area contributed by atoms with Gasteiger partial charge in [-0.15, -0.1) is 0 Å². The molecule has 30 heavy (non-hydrogen) atoms. The molecule has 1 aromatic carbocycles. The summed E-state index contributed by atoms with van der Waals surface area (Å²) in [5.74, 6) is -0.280. The minimum Gasteiger partial charge on any atom is -0.451 e. The Bertz CT molecular complexity index is 824. The van der Waals surface area contributed by atoms with Crippen LogP contribution in [-0.2, 0) is 15.1 Å². The lowest BCUT2D eigenvalue weighted by Gasteiger charge is -2.37. The normalized spacial score (nSPS) is 34.3. The molecule has 1 saturated carbocycles. The minimum absolute atomic E-state index is 0.0487. The number of carbonyl (C=O) groups is 2. The van der Waals surface area contributed by atoms with Crippen molar-refractivity contribution in [2.24, 2.45) is 5.92 Å². The summed E-state index contributed by atoms with van der Waals surface area (Å²) in [4.78, 5) is 27.1. The molecule has 6 nitrogen and oxygen atoms in total. The minimum atomic E-state index is -0.838. The van der Waals surface area contributed by atoms with Crippen LogP contribution < -0.4 is 5.43 Å². The second-order valence-corrected chi connectivity index (χ2v) is 9.24. The lowest BCUT2D eigenvalue weighted by Crippen LogP contribution is -2.51. The largest absolute Gasteiger partial charge is 0.451 e. The average molecular weight is 416 g/mol. The summed E-state index contributed by atoms with van der Waals surface area (Å²) in [7, 11) is 0. The molecule has 0 bridgehead atoms. The molecule has 1 aromatic rings. The average Bonchev–Trinajstić information content (AvgIpc) is 3.43. The number of alkyl halides is 1. The molecule has 5 rings (SSSR count). The molecule has 3 heterocycles. The number of halogens is 1. The van der Waals surface area contributed by atoms with Crippen molar-refractivity contribution in [2.75, 3.05) is 19.6 Å². The quantitative estimate of drug-likeness (QED) is 0.605. The van der Waals surface area contributed by atoms with Gasteiger partial charge >= 0.3 is 5.97 Å². The van der Waals surface area contributed by atoms with Gasteiger partial charge in [-0.25, -0.2) is 14.2 Å². The Labute approximate surface area is 176 Å². The van der Waals surface area contributed by atoms with Crippen molar-refractivity contribution in [1.82, 2.24) is 15.3 Å². The maximum Gasteiger partial charge on any atom is 0.339 e. The molecule has 1 N–H and O–H groups in total. The van der Waals surface area contributed by atoms with Crippen LogP contribution in [0.1, 0.15) is 67.3 Å². The molecule has 4 aliphatic rings. The second-order valence-electron chi connectivity index (χ2n) is 9.24. The van der Waals surface area contributed by atoms with E-state index < -0.39 is 11.9 Å². The van der Waals surface area contributed by atoms with Crippen molar-refractivity contribution in [3.05, 3.63) is 35.4 Å². The molecule has 1 spiro atoms. The third-order valence-corrected chi connectivity index (χ3v) is 7.45. The van der Waals surface area contributed by atoms with Crippen LogP contribution in [0.15, 0.2) is 24.3 Å². The third kappa shape index (κ3) is 3.52. The van der Waals surface area contributed by atoms with E-state index in [1.165, 1.54) is 0 Å². The van der Waals surface area contributed by atoms with E-state index in [0.29, 0.717) is 44.2 Å². The van der Waals surface area contributed by atoms with Crippen molar-refractivity contribution in [3.63, 3.8) is 0 Å². The summed E-state index contributed by atoms with van der Waals surface area (Å²) in [5, 5.41) is 2.03. The summed E-state index contributed by atoms with van der Waals surface area (Å²) in [5.41, 5.74) is 4.20. The number of hydrogen-bond acceptors (Lipinski definition) is 5. The number of hydrazine groups is 1. The zero-order valence-electron chi connectivity index (χ0n) is 17.3. The SMILES string of the molecule is O=C1O[C@]2(CC[C@H](C(=O)NN3CCCC3CN3CCCC3F)CC2)c2ccccc21. The van der Waals surface area contributed by atoms with Crippen LogP contribution in [0, 0.1) is 5.92 Å². The molecule has 7 heteroatoms. The van der Waals surface area contributed by atoms with E-state index in [1.54, 1.807) is 0 Å². The number of benzene rings is 1. The van der Waals surface area contributed by atoms with Crippen LogP contribution in [0.3, 0.4) is 0 Å². The molecule has 1 amide bonds. The summed E-state index contributed by atoms with van der Waals surface area (Å²) in [6.45, 7) is 2.31. The van der Waals surface area contributed by atoms with Crippen molar-refractivity contribution in [2.45, 2.75) is 69.3 Å². The first-order valence-corrected chi connectivity index (χ1v) is 11.3. The first-order valence-electron chi connectivity index (χ1n) is 11.3. The zero-order chi connectivity index (χ0) is 20.7. The van der Waals surface area contributed by atoms with E-state index in [1.807, 2.05) is 34.2 Å². The maximum atomic E-state index is 14.0. The van der Waals surface area contributed by atoms with E-state index in [0.717, 1.165) is 37.9 Å². The van der Waals surface area contributed by atoms with Crippen molar-refractivity contribution in [1.29, 1.82) is 0 Å². The third-order valence-electron chi connectivity index (χ3n) is 7.45. The van der Waals surface area contributed by atoms with Gasteiger partial charge in [-0.05, 0) is 57.4 Å². The molecule has 2 unspecified atom stereocenters. The van der Waals surface area contributed by atoms with Crippen molar-refractivity contribution >= 4 is 11.9 Å². The van der Waals surface area contributed by atoms with Gasteiger partial charge in [0, 0.05) is 37.2 Å². The molecule has 3 aliphatic heterocycles. The van der Waals surface area contributed by atoms with Gasteiger partial charge in [0.25, 0.3) is 0 Å². The van der Waals surface area contributed by atoms with Crippen LogP contribution in [0.25, 0.3) is 0 Å². The Morgan fingerprint density at radius 3 is 2.67 bits per heavy atom. The zero-order valence-corrected chi connectivity index (χ0v) is 17.3. The van der Waals surface area contributed by atoms with Crippen LogP contribution in [0.5, 0.6) is 0 Å². The fourth-order valence-electron chi connectivity index (χ4n) is 5.73. The Morgan fingerprint density at radius 2 is 1.90 bits per heavy atom. The number of fused-ring (bicyclic) bond motifs is 2. The lowest BCUT2D eigenvalue weighted by molar-refractivity contribution is -0.133. The molecule has 1 aliphatic carbocycles. The molecule has 0 radical (unpaired) electrons. The topological polar surface area (TPSA) is 61.9 Å². The Balaban J connectivity index is 1.18. The monoisotopic (exact) mass is 415 g/mol. The number of nitrogens with zero attached hydrogens (tertiary/aromatic N) is 2. The number of hydrogen-bond donors (Lipinski definition) is 1. The first-order chi connectivity index (χ1) is 14.6. The van der Waals surface area contributed by atoms with E-state index in [2.05, 4.69) is 5.43 Å². The highest BCUT2D eigenvalue weighted by Crippen LogP contribution is 2.48. The summed E-state index contributed by atoms with van der Waals surface area (Å²) in [6, 6.07) is 7.78. The summed E-state index contributed by atoms with van der Waals surface area (Å²) >= 11 is 0. The van der Waals surface area contributed by atoms with Gasteiger partial charge in [-0.2, -0.15) is 0 Å². The highest BCUT2D eigenvalue weighted by atomic mass is 19.1. The van der Waals surface area contributed by atoms with Crippen molar-refractivity contribution < 1.29 is 18.7 Å². The van der Waals surface area contributed by atoms with Gasteiger partial charge in [0.2, 0.25) is 5.91 Å². The first kappa shape index (κ1) is 19.9. The second kappa shape index (κ2) is 7.93. The molecular formula is C23H30FN3O3. The lowest BCUT2D eigenvalue weighted by atomic mass is 9.75. The van der Waals surface area contributed by atoms with E-state index in [9.17, 15) is 14.0 Å². The van der Waals surface area contributed by atoms with Gasteiger partial charge in [-0.1, -0.05) is 18.2 Å². The van der Waals surface area contributed by atoms with Gasteiger partial charge in [-0.3, -0.25) is 15.1 Å². The molecule has 3 fully saturated rings. The predicted octanol–water partition coefficient (Wildman–Crippen LogP) is 3.13. The smallest absolute Gasteiger partial charge is 0.339 e. The Kier molecular flexibility index (Phi) is 5.27. The van der Waals surface area contributed by atoms with E-state index in [4.69, 9.17) is 4.74 Å². The predicted molar refractivity (Wildman–Crippen MR) is 109 cm³/mol. The van der Waals surface area contributed by atoms with Crippen molar-refractivity contribution in [3.8, 4) is 0 Å². The maximum absolute atomic E-state index is 14.0. The summed E-state index contributed by atoms with van der Waals surface area (Å²) < 4.78 is 19.8. The number of amides is 1. The number of ether oxygens (including phenoxy) is 1. The fourth-order valence-corrected chi connectivity index (χ4v) is 5.73. The number of likely N-dealkylation sites (tertiary alicyclic amines) is 1. The molecule has 2 atom stereocenters. The van der Waals surface area contributed by atoms with Crippen LogP contribution in [0.2, 0.25) is 0 Å². The van der Waals surface area contributed by atoms with Gasteiger partial charge in [0.1, 0.15) is 5.60 Å². The van der Waals surface area contributed by atoms with Crippen LogP contribution >= 0.6 is 0 Å². The number of carbonyl (C=O) groups excluding carboxylic acids is 2. The van der Waals surface area contributed by atoms with Gasteiger partial charge < -0.3 is 4.74 Å². The molecular weight excluding hydrogens is 385 g/mol. The van der Waals surface area contributed by atoms with E-state index >= 15 is 0 Å². The fraction of sp³-hybridized carbons (Fsp3) is 0.652. The molecule has 0 aromatic heterocycles. The summed E-state index contributed by atoms with van der Waals surface area (Å²) in [6.07, 6.45) is 5.46. The van der Waals surface area contributed by atoms with Gasteiger partial charge in [0.15, 0.2) is 6.30 Å². The highest BCUT2D eigenvalue weighted by molar-refractivity contribution is 5.94. The van der Waals surface area contributed by atoms with Gasteiger partial charge in [0.05, 0.1) is 5.56 Å². The molecule has 2 saturated heterocycles. The number of rotatable bonds is 4. The highest BCUT2D eigenvalue weighted by Gasteiger charge is 2.48. The number of esters is 1. The number of nitrogens with one attached hydrogen (secondary N) is 1. The van der Waals surface area contributed by atoms with Crippen LogP contribution in [-0.4, -0.2) is 53.8 Å². The Hall–Kier alpha value is -1.99. The van der Waals surface area contributed by atoms with Crippen LogP contribution in [0.4, 0.5) is 4.39 Å². The molecule has 162 valence electrons. The standard InChI is InChI=1S/C23H30FN3O3/c24-20-8-4-13-26(20)15-17-5-3-14-27(17)25-21(28)16-9-11-23(12-10-16)19-7-2-1-6-18(19)22(29)30-23/h1-2,6-7,16-17,20H,3-5,8-15H2,(H,25,28)/t16-,17?,20?,23-. The van der Waals surface area contributed by atoms with E-state index in [-0.39, 0.29) is 23.8 Å². The Morgan fingerprint density at radius 1 is 1.13 bits per heavy atom.